The summed E-state index contributed by atoms with van der Waals surface area (Å²) in [5.74, 6) is -0.255. The molecule has 0 heterocycles. The molecule has 0 spiro atoms. The molecule has 0 radical (unpaired) electrons. The third-order valence-corrected chi connectivity index (χ3v) is 5.55. The van der Waals surface area contributed by atoms with E-state index in [1.807, 2.05) is 27.7 Å². The van der Waals surface area contributed by atoms with E-state index in [1.54, 1.807) is 0 Å². The Morgan fingerprint density at radius 2 is 1.42 bits per heavy atom. The number of hydrogen-bond acceptors (Lipinski definition) is 5. The van der Waals surface area contributed by atoms with Crippen molar-refractivity contribution in [2.24, 2.45) is 23.7 Å². The highest BCUT2D eigenvalue weighted by Gasteiger charge is 2.57. The average Bonchev–Trinajstić information content (AvgIpc) is 2.69. The zero-order chi connectivity index (χ0) is 20.2. The van der Waals surface area contributed by atoms with Crippen LogP contribution in [0, 0.1) is 23.7 Å². The summed E-state index contributed by atoms with van der Waals surface area (Å²) in [7, 11) is 0. The van der Waals surface area contributed by atoms with Crippen LogP contribution >= 0.6 is 0 Å². The van der Waals surface area contributed by atoms with Gasteiger partial charge in [-0.15, -0.1) is 0 Å². The third-order valence-electron chi connectivity index (χ3n) is 5.55. The molecular formula is C21H40O5. The zero-order valence-corrected chi connectivity index (χ0v) is 17.3. The molecule has 5 nitrogen and oxygen atoms in total. The molecular weight excluding hydrogens is 332 g/mol. The molecule has 5 N–H and O–H groups in total. The van der Waals surface area contributed by atoms with Crippen LogP contribution in [0.3, 0.4) is 0 Å². The molecule has 0 aromatic heterocycles. The molecule has 1 aliphatic rings. The van der Waals surface area contributed by atoms with Gasteiger partial charge in [-0.3, -0.25) is 0 Å². The molecule has 0 saturated heterocycles. The second kappa shape index (κ2) is 9.54. The predicted molar refractivity (Wildman–Crippen MR) is 104 cm³/mol. The summed E-state index contributed by atoms with van der Waals surface area (Å²) in [6.07, 6.45) is -0.729. The largest absolute Gasteiger partial charge is 0.509 e. The van der Waals surface area contributed by atoms with Crippen molar-refractivity contribution in [3.8, 4) is 0 Å². The first-order valence-electron chi connectivity index (χ1n) is 10.1. The molecule has 5 atom stereocenters. The molecule has 26 heavy (non-hydrogen) atoms. The van der Waals surface area contributed by atoms with Crippen molar-refractivity contribution in [2.75, 3.05) is 0 Å². The highest BCUT2D eigenvalue weighted by atomic mass is 16.4. The lowest BCUT2D eigenvalue weighted by Gasteiger charge is -2.36. The van der Waals surface area contributed by atoms with Crippen LogP contribution in [0.5, 0.6) is 0 Å². The van der Waals surface area contributed by atoms with E-state index in [9.17, 15) is 25.5 Å². The van der Waals surface area contributed by atoms with Gasteiger partial charge in [0.25, 0.3) is 0 Å². The van der Waals surface area contributed by atoms with Gasteiger partial charge in [-0.1, -0.05) is 48.0 Å². The Balaban J connectivity index is 3.20. The molecule has 0 aromatic carbocycles. The molecule has 1 aliphatic carbocycles. The fourth-order valence-electron chi connectivity index (χ4n) is 3.94. The Morgan fingerprint density at radius 3 is 1.88 bits per heavy atom. The Morgan fingerprint density at radius 1 is 0.885 bits per heavy atom. The number of aliphatic hydroxyl groups is 5. The van der Waals surface area contributed by atoms with Crippen molar-refractivity contribution < 1.29 is 25.5 Å². The lowest BCUT2D eigenvalue weighted by molar-refractivity contribution is -0.121. The van der Waals surface area contributed by atoms with Gasteiger partial charge in [-0.05, 0) is 43.4 Å². The monoisotopic (exact) mass is 372 g/mol. The summed E-state index contributed by atoms with van der Waals surface area (Å²) in [4.78, 5) is 0. The average molecular weight is 373 g/mol. The molecule has 5 unspecified atom stereocenters. The fraction of sp³-hybridized carbons (Fsp3) is 0.905. The zero-order valence-electron chi connectivity index (χ0n) is 17.3. The van der Waals surface area contributed by atoms with Gasteiger partial charge in [0.1, 0.15) is 5.76 Å². The van der Waals surface area contributed by atoms with Gasteiger partial charge in [-0.2, -0.15) is 0 Å². The van der Waals surface area contributed by atoms with Gasteiger partial charge in [0, 0.05) is 11.5 Å². The number of aliphatic hydroxyl groups excluding tert-OH is 4. The first-order chi connectivity index (χ1) is 11.9. The Kier molecular flexibility index (Phi) is 8.59. The van der Waals surface area contributed by atoms with Gasteiger partial charge in [0.15, 0.2) is 5.60 Å². The maximum atomic E-state index is 11.3. The molecule has 0 aromatic rings. The van der Waals surface area contributed by atoms with Crippen molar-refractivity contribution in [2.45, 2.75) is 97.6 Å². The maximum absolute atomic E-state index is 11.3. The third kappa shape index (κ3) is 5.22. The van der Waals surface area contributed by atoms with E-state index in [1.165, 1.54) is 0 Å². The van der Waals surface area contributed by atoms with Crippen molar-refractivity contribution in [1.82, 2.24) is 0 Å². The minimum atomic E-state index is -1.91. The van der Waals surface area contributed by atoms with Crippen LogP contribution in [0.2, 0.25) is 0 Å². The minimum Gasteiger partial charge on any atom is -0.509 e. The van der Waals surface area contributed by atoms with Crippen LogP contribution in [-0.4, -0.2) is 49.4 Å². The molecule has 0 aliphatic heterocycles. The van der Waals surface area contributed by atoms with Crippen LogP contribution < -0.4 is 0 Å². The predicted octanol–water partition coefficient (Wildman–Crippen LogP) is 3.16. The summed E-state index contributed by atoms with van der Waals surface area (Å²) < 4.78 is 0. The van der Waals surface area contributed by atoms with E-state index in [-0.39, 0.29) is 11.5 Å². The molecule has 0 fully saturated rings. The fourth-order valence-corrected chi connectivity index (χ4v) is 3.94. The summed E-state index contributed by atoms with van der Waals surface area (Å²) in [5.41, 5.74) is -1.82. The standard InChI is InChI=1S/C21H40O5/c1-12(2)7-9-15-19(24)18(16(22)11-14(5)6)20(25)21(15,26)17(23)10-8-13(3)4/h12-17,19,22-26H,7-11H2,1-6H3. The summed E-state index contributed by atoms with van der Waals surface area (Å²) in [6.45, 7) is 12.1. The number of rotatable bonds is 10. The van der Waals surface area contributed by atoms with Crippen LogP contribution in [0.25, 0.3) is 0 Å². The van der Waals surface area contributed by atoms with Crippen molar-refractivity contribution in [3.63, 3.8) is 0 Å². The highest BCUT2D eigenvalue weighted by Crippen LogP contribution is 2.47. The van der Waals surface area contributed by atoms with Crippen molar-refractivity contribution in [3.05, 3.63) is 11.3 Å². The lowest BCUT2D eigenvalue weighted by Crippen LogP contribution is -2.50. The summed E-state index contributed by atoms with van der Waals surface area (Å²) >= 11 is 0. The summed E-state index contributed by atoms with van der Waals surface area (Å²) in [5, 5.41) is 54.2. The second-order valence-electron chi connectivity index (χ2n) is 9.28. The number of hydrogen-bond donors (Lipinski definition) is 5. The van der Waals surface area contributed by atoms with Crippen LogP contribution in [0.15, 0.2) is 11.3 Å². The van der Waals surface area contributed by atoms with Gasteiger partial charge >= 0.3 is 0 Å². The van der Waals surface area contributed by atoms with E-state index in [2.05, 4.69) is 13.8 Å². The van der Waals surface area contributed by atoms with Gasteiger partial charge < -0.3 is 25.5 Å². The van der Waals surface area contributed by atoms with Gasteiger partial charge in [0.2, 0.25) is 0 Å². The van der Waals surface area contributed by atoms with Gasteiger partial charge in [-0.25, -0.2) is 0 Å². The normalized spacial score (nSPS) is 29.3. The quantitative estimate of drug-likeness (QED) is 0.405. The van der Waals surface area contributed by atoms with E-state index in [0.29, 0.717) is 37.5 Å². The Hall–Kier alpha value is -0.620. The van der Waals surface area contributed by atoms with Crippen molar-refractivity contribution in [1.29, 1.82) is 0 Å². The molecule has 154 valence electrons. The Labute approximate surface area is 158 Å². The van der Waals surface area contributed by atoms with Crippen LogP contribution in [0.4, 0.5) is 0 Å². The maximum Gasteiger partial charge on any atom is 0.152 e. The first kappa shape index (κ1) is 23.4. The SMILES string of the molecule is CC(C)CCC(O)C1(O)C(O)=C(C(O)CC(C)C)C(O)C1CCC(C)C. The van der Waals surface area contributed by atoms with Crippen LogP contribution in [0.1, 0.15) is 73.6 Å². The molecule has 0 saturated carbocycles. The highest BCUT2D eigenvalue weighted by molar-refractivity contribution is 5.35. The van der Waals surface area contributed by atoms with E-state index in [0.717, 1.165) is 6.42 Å². The second-order valence-corrected chi connectivity index (χ2v) is 9.28. The van der Waals surface area contributed by atoms with E-state index >= 15 is 0 Å². The molecule has 1 rings (SSSR count). The summed E-state index contributed by atoms with van der Waals surface area (Å²) in [6, 6.07) is 0. The Bertz CT molecular complexity index is 471. The molecule has 5 heteroatoms. The van der Waals surface area contributed by atoms with Gasteiger partial charge in [0.05, 0.1) is 18.3 Å². The van der Waals surface area contributed by atoms with E-state index < -0.39 is 35.6 Å². The minimum absolute atomic E-state index is 0.0820. The topological polar surface area (TPSA) is 101 Å². The van der Waals surface area contributed by atoms with Crippen LogP contribution in [-0.2, 0) is 0 Å². The molecule has 0 bridgehead atoms. The van der Waals surface area contributed by atoms with E-state index in [4.69, 9.17) is 0 Å². The smallest absolute Gasteiger partial charge is 0.152 e. The van der Waals surface area contributed by atoms with Crippen molar-refractivity contribution >= 4 is 0 Å². The molecule has 0 amide bonds. The lowest BCUT2D eigenvalue weighted by atomic mass is 9.77. The first-order valence-corrected chi connectivity index (χ1v) is 10.1.